The summed E-state index contributed by atoms with van der Waals surface area (Å²) in [5.74, 6) is 0.193. The van der Waals surface area contributed by atoms with E-state index in [0.717, 1.165) is 35.3 Å². The van der Waals surface area contributed by atoms with E-state index in [0.29, 0.717) is 5.71 Å². The molecule has 0 amide bonds. The summed E-state index contributed by atoms with van der Waals surface area (Å²) < 4.78 is 0. The minimum Gasteiger partial charge on any atom is -0.302 e. The lowest BCUT2D eigenvalue weighted by Gasteiger charge is -2.19. The largest absolute Gasteiger partial charge is 0.302 e. The molecule has 1 N–H and O–H groups in total. The number of rotatable bonds is 2. The van der Waals surface area contributed by atoms with Crippen molar-refractivity contribution in [2.24, 2.45) is 5.92 Å². The maximum absolute atomic E-state index is 8.25. The van der Waals surface area contributed by atoms with Crippen LogP contribution in [-0.2, 0) is 0 Å². The summed E-state index contributed by atoms with van der Waals surface area (Å²) in [5, 5.41) is 8.25. The molecule has 90 valence electrons. The Morgan fingerprint density at radius 3 is 2.61 bits per heavy atom. The second kappa shape index (κ2) is 4.33. The molecule has 0 radical (unpaired) electrons. The molecule has 0 saturated heterocycles. The van der Waals surface area contributed by atoms with Crippen molar-refractivity contribution in [3.05, 3.63) is 41.7 Å². The third-order valence-electron chi connectivity index (χ3n) is 3.31. The van der Waals surface area contributed by atoms with E-state index in [2.05, 4.69) is 23.0 Å². The van der Waals surface area contributed by atoms with E-state index in [1.165, 1.54) is 0 Å². The van der Waals surface area contributed by atoms with E-state index >= 15 is 0 Å². The molecule has 1 aromatic heterocycles. The van der Waals surface area contributed by atoms with Crippen molar-refractivity contribution in [1.29, 1.82) is 5.41 Å². The van der Waals surface area contributed by atoms with Crippen LogP contribution in [0.4, 0.5) is 0 Å². The van der Waals surface area contributed by atoms with Crippen LogP contribution in [0.3, 0.4) is 0 Å². The summed E-state index contributed by atoms with van der Waals surface area (Å²) in [7, 11) is 0. The normalized spacial score (nSPS) is 18.1. The SMILES string of the molecule is CCCC1C=Cc2nc3ccccc3nc2C1=N. The molecule has 0 spiro atoms. The van der Waals surface area contributed by atoms with Gasteiger partial charge in [0, 0.05) is 5.92 Å². The first-order chi connectivity index (χ1) is 8.79. The lowest BCUT2D eigenvalue weighted by atomic mass is 9.90. The number of para-hydroxylation sites is 2. The molecule has 0 fully saturated rings. The fourth-order valence-electron chi connectivity index (χ4n) is 2.36. The Hall–Kier alpha value is -2.03. The number of nitrogens with one attached hydrogen (secondary N) is 1. The molecule has 18 heavy (non-hydrogen) atoms. The van der Waals surface area contributed by atoms with E-state index in [1.807, 2.05) is 30.3 Å². The first kappa shape index (κ1) is 11.1. The smallest absolute Gasteiger partial charge is 0.111 e. The highest BCUT2D eigenvalue weighted by Gasteiger charge is 2.22. The van der Waals surface area contributed by atoms with Gasteiger partial charge in [0.05, 0.1) is 22.4 Å². The Kier molecular flexibility index (Phi) is 2.67. The number of allylic oxidation sites excluding steroid dienone is 1. The van der Waals surface area contributed by atoms with Crippen molar-refractivity contribution in [3.63, 3.8) is 0 Å². The van der Waals surface area contributed by atoms with Gasteiger partial charge in [-0.25, -0.2) is 9.97 Å². The van der Waals surface area contributed by atoms with Gasteiger partial charge in [-0.1, -0.05) is 31.6 Å². The highest BCUT2D eigenvalue weighted by Crippen LogP contribution is 2.25. The summed E-state index contributed by atoms with van der Waals surface area (Å²) in [6, 6.07) is 7.82. The average molecular weight is 237 g/mol. The van der Waals surface area contributed by atoms with Crippen molar-refractivity contribution < 1.29 is 0 Å². The molecule has 0 saturated carbocycles. The van der Waals surface area contributed by atoms with Crippen LogP contribution in [0.15, 0.2) is 30.3 Å². The maximum Gasteiger partial charge on any atom is 0.111 e. The van der Waals surface area contributed by atoms with Crippen LogP contribution in [0.25, 0.3) is 17.1 Å². The van der Waals surface area contributed by atoms with Gasteiger partial charge in [-0.2, -0.15) is 0 Å². The Balaban J connectivity index is 2.14. The van der Waals surface area contributed by atoms with E-state index in [4.69, 9.17) is 5.41 Å². The van der Waals surface area contributed by atoms with Gasteiger partial charge < -0.3 is 5.41 Å². The number of nitrogens with zero attached hydrogens (tertiary/aromatic N) is 2. The third kappa shape index (κ3) is 1.72. The number of hydrogen-bond donors (Lipinski definition) is 1. The topological polar surface area (TPSA) is 49.6 Å². The zero-order chi connectivity index (χ0) is 12.5. The molecule has 0 aliphatic heterocycles. The Bertz CT molecular complexity index is 643. The predicted octanol–water partition coefficient (Wildman–Crippen LogP) is 3.44. The second-order valence-corrected chi connectivity index (χ2v) is 4.61. The quantitative estimate of drug-likeness (QED) is 0.869. The van der Waals surface area contributed by atoms with Gasteiger partial charge in [0.15, 0.2) is 0 Å². The first-order valence-electron chi connectivity index (χ1n) is 6.33. The van der Waals surface area contributed by atoms with Crippen LogP contribution in [0.1, 0.15) is 31.2 Å². The molecule has 2 aromatic rings. The first-order valence-corrected chi connectivity index (χ1v) is 6.33. The molecule has 0 bridgehead atoms. The van der Waals surface area contributed by atoms with Crippen molar-refractivity contribution in [3.8, 4) is 0 Å². The van der Waals surface area contributed by atoms with Crippen molar-refractivity contribution >= 4 is 22.8 Å². The van der Waals surface area contributed by atoms with E-state index in [1.54, 1.807) is 0 Å². The van der Waals surface area contributed by atoms with Crippen molar-refractivity contribution in [1.82, 2.24) is 9.97 Å². The molecular formula is C15H15N3. The molecule has 3 rings (SSSR count). The minimum absolute atomic E-state index is 0.193. The lowest BCUT2D eigenvalue weighted by Crippen LogP contribution is -2.19. The van der Waals surface area contributed by atoms with E-state index in [-0.39, 0.29) is 5.92 Å². The molecular weight excluding hydrogens is 222 g/mol. The van der Waals surface area contributed by atoms with Crippen LogP contribution in [0, 0.1) is 11.3 Å². The molecule has 3 heteroatoms. The highest BCUT2D eigenvalue weighted by atomic mass is 14.8. The van der Waals surface area contributed by atoms with Gasteiger partial charge in [0.1, 0.15) is 5.69 Å². The minimum atomic E-state index is 0.193. The van der Waals surface area contributed by atoms with Crippen LogP contribution >= 0.6 is 0 Å². The Morgan fingerprint density at radius 2 is 1.89 bits per heavy atom. The van der Waals surface area contributed by atoms with Crippen LogP contribution in [-0.4, -0.2) is 15.7 Å². The molecule has 1 unspecified atom stereocenters. The summed E-state index contributed by atoms with van der Waals surface area (Å²) in [6.07, 6.45) is 6.17. The van der Waals surface area contributed by atoms with Gasteiger partial charge in [-0.3, -0.25) is 0 Å². The molecule has 1 aromatic carbocycles. The van der Waals surface area contributed by atoms with Crippen LogP contribution < -0.4 is 0 Å². The van der Waals surface area contributed by atoms with E-state index in [9.17, 15) is 0 Å². The molecule has 1 aliphatic carbocycles. The van der Waals surface area contributed by atoms with Gasteiger partial charge in [-0.05, 0) is 24.6 Å². The zero-order valence-electron chi connectivity index (χ0n) is 10.4. The predicted molar refractivity (Wildman–Crippen MR) is 73.8 cm³/mol. The Morgan fingerprint density at radius 1 is 1.17 bits per heavy atom. The van der Waals surface area contributed by atoms with Crippen molar-refractivity contribution in [2.45, 2.75) is 19.8 Å². The van der Waals surface area contributed by atoms with Crippen LogP contribution in [0.2, 0.25) is 0 Å². The van der Waals surface area contributed by atoms with E-state index < -0.39 is 0 Å². The monoisotopic (exact) mass is 237 g/mol. The maximum atomic E-state index is 8.25. The van der Waals surface area contributed by atoms with Gasteiger partial charge >= 0.3 is 0 Å². The standard InChI is InChI=1S/C15H15N3/c1-2-5-10-8-9-13-15(14(10)16)18-12-7-4-3-6-11(12)17-13/h3-4,6-10,16H,2,5H2,1H3. The molecule has 3 nitrogen and oxygen atoms in total. The number of fused-ring (bicyclic) bond motifs is 2. The summed E-state index contributed by atoms with van der Waals surface area (Å²) in [5.41, 5.74) is 3.93. The second-order valence-electron chi connectivity index (χ2n) is 4.61. The summed E-state index contributed by atoms with van der Waals surface area (Å²) in [6.45, 7) is 2.14. The number of hydrogen-bond acceptors (Lipinski definition) is 3. The average Bonchev–Trinajstić information content (AvgIpc) is 2.41. The summed E-state index contributed by atoms with van der Waals surface area (Å²) in [4.78, 5) is 9.16. The van der Waals surface area contributed by atoms with Crippen LogP contribution in [0.5, 0.6) is 0 Å². The van der Waals surface area contributed by atoms with Gasteiger partial charge in [0.2, 0.25) is 0 Å². The fourth-order valence-corrected chi connectivity index (χ4v) is 2.36. The Labute approximate surface area is 106 Å². The zero-order valence-corrected chi connectivity index (χ0v) is 10.4. The number of benzene rings is 1. The number of aromatic nitrogens is 2. The molecule has 1 aliphatic rings. The van der Waals surface area contributed by atoms with Crippen molar-refractivity contribution in [2.75, 3.05) is 0 Å². The highest BCUT2D eigenvalue weighted by molar-refractivity contribution is 6.05. The van der Waals surface area contributed by atoms with Gasteiger partial charge in [-0.15, -0.1) is 0 Å². The molecule has 1 heterocycles. The fraction of sp³-hybridized carbons (Fsp3) is 0.267. The third-order valence-corrected chi connectivity index (χ3v) is 3.31. The van der Waals surface area contributed by atoms with Gasteiger partial charge in [0.25, 0.3) is 0 Å². The molecule has 1 atom stereocenters. The lowest BCUT2D eigenvalue weighted by molar-refractivity contribution is 0.715. The summed E-state index contributed by atoms with van der Waals surface area (Å²) >= 11 is 0.